The van der Waals surface area contributed by atoms with E-state index >= 15 is 0 Å². The van der Waals surface area contributed by atoms with Crippen LogP contribution in [0.4, 0.5) is 5.69 Å². The van der Waals surface area contributed by atoms with Crippen molar-refractivity contribution in [2.75, 3.05) is 39.2 Å². The maximum atomic E-state index is 12.6. The number of nitrogens with one attached hydrogen (secondary N) is 2. The van der Waals surface area contributed by atoms with Gasteiger partial charge in [0.1, 0.15) is 11.4 Å². The van der Waals surface area contributed by atoms with E-state index in [-0.39, 0.29) is 24.3 Å². The average Bonchev–Trinajstić information content (AvgIpc) is 2.66. The molecular formula is C18H27ClN2O5. The molecule has 1 fully saturated rings. The molecule has 1 aromatic carbocycles. The molecule has 0 atom stereocenters. The zero-order valence-corrected chi connectivity index (χ0v) is 16.0. The van der Waals surface area contributed by atoms with Crippen LogP contribution in [0.15, 0.2) is 24.3 Å². The Bertz CT molecular complexity index is 573. The summed E-state index contributed by atoms with van der Waals surface area (Å²) in [4.78, 5) is 23.6. The van der Waals surface area contributed by atoms with Gasteiger partial charge in [-0.3, -0.25) is 9.59 Å². The fourth-order valence-electron chi connectivity index (χ4n) is 2.74. The lowest BCUT2D eigenvalue weighted by Crippen LogP contribution is -2.51. The van der Waals surface area contributed by atoms with Crippen molar-refractivity contribution in [3.63, 3.8) is 0 Å². The lowest BCUT2D eigenvalue weighted by molar-refractivity contribution is -0.141. The summed E-state index contributed by atoms with van der Waals surface area (Å²) in [5.41, 5.74) is -0.0734. The molecule has 0 aliphatic carbocycles. The van der Waals surface area contributed by atoms with Gasteiger partial charge in [-0.2, -0.15) is 0 Å². The minimum atomic E-state index is -0.770. The Hall–Kier alpha value is -1.83. The fraction of sp³-hybridized carbons (Fsp3) is 0.556. The highest BCUT2D eigenvalue weighted by molar-refractivity contribution is 5.97. The van der Waals surface area contributed by atoms with Crippen molar-refractivity contribution in [3.05, 3.63) is 24.3 Å². The summed E-state index contributed by atoms with van der Waals surface area (Å²) in [6.45, 7) is 1.96. The molecule has 0 aromatic heterocycles. The van der Waals surface area contributed by atoms with Gasteiger partial charge in [-0.05, 0) is 56.6 Å². The quantitative estimate of drug-likeness (QED) is 0.526. The molecule has 8 heteroatoms. The highest BCUT2D eigenvalue weighted by Crippen LogP contribution is 2.25. The molecule has 0 bridgehead atoms. The molecule has 2 N–H and O–H groups in total. The van der Waals surface area contributed by atoms with Crippen molar-refractivity contribution >= 4 is 30.0 Å². The Balaban J connectivity index is 0.00000338. The van der Waals surface area contributed by atoms with Crippen molar-refractivity contribution in [1.29, 1.82) is 0 Å². The Kier molecular flexibility index (Phi) is 9.40. The van der Waals surface area contributed by atoms with Crippen LogP contribution in [-0.4, -0.2) is 51.4 Å². The van der Waals surface area contributed by atoms with E-state index in [1.807, 2.05) is 0 Å². The van der Waals surface area contributed by atoms with Crippen molar-refractivity contribution < 1.29 is 23.8 Å². The number of halogens is 1. The Morgan fingerprint density at radius 3 is 2.38 bits per heavy atom. The first kappa shape index (κ1) is 22.2. The van der Waals surface area contributed by atoms with Crippen LogP contribution in [0.25, 0.3) is 0 Å². The monoisotopic (exact) mass is 386 g/mol. The summed E-state index contributed by atoms with van der Waals surface area (Å²) >= 11 is 0. The number of carbonyl (C=O) groups excluding carboxylic acids is 2. The maximum Gasteiger partial charge on any atom is 0.305 e. The normalized spacial score (nSPS) is 15.5. The van der Waals surface area contributed by atoms with Crippen LogP contribution in [0.5, 0.6) is 5.75 Å². The number of hydrogen-bond donors (Lipinski definition) is 2. The highest BCUT2D eigenvalue weighted by Gasteiger charge is 2.39. The molecule has 2 rings (SSSR count). The van der Waals surface area contributed by atoms with Crippen molar-refractivity contribution in [3.8, 4) is 5.75 Å². The number of amides is 1. The first-order valence-corrected chi connectivity index (χ1v) is 8.46. The maximum absolute atomic E-state index is 12.6. The number of esters is 1. The molecule has 1 aliphatic heterocycles. The van der Waals surface area contributed by atoms with E-state index in [0.29, 0.717) is 43.7 Å². The van der Waals surface area contributed by atoms with Crippen LogP contribution >= 0.6 is 12.4 Å². The van der Waals surface area contributed by atoms with E-state index in [0.717, 1.165) is 13.1 Å². The summed E-state index contributed by atoms with van der Waals surface area (Å²) in [5.74, 6) is 0.320. The van der Waals surface area contributed by atoms with Crippen molar-refractivity contribution in [1.82, 2.24) is 5.32 Å². The number of hydrogen-bond acceptors (Lipinski definition) is 6. The SMILES string of the molecule is COC(=O)CCCOc1ccc(NC(=O)C2(OC)CCNCC2)cc1.Cl. The molecule has 7 nitrogen and oxygen atoms in total. The summed E-state index contributed by atoms with van der Waals surface area (Å²) in [6.07, 6.45) is 2.22. The zero-order chi connectivity index (χ0) is 18.1. The molecule has 1 aromatic rings. The van der Waals surface area contributed by atoms with Crippen LogP contribution in [0.2, 0.25) is 0 Å². The van der Waals surface area contributed by atoms with Crippen LogP contribution in [0.3, 0.4) is 0 Å². The van der Waals surface area contributed by atoms with Gasteiger partial charge in [0.15, 0.2) is 0 Å². The predicted octanol–water partition coefficient (Wildman–Crippen LogP) is 2.15. The second kappa shape index (κ2) is 11.0. The van der Waals surface area contributed by atoms with E-state index in [1.54, 1.807) is 31.4 Å². The first-order valence-electron chi connectivity index (χ1n) is 8.46. The summed E-state index contributed by atoms with van der Waals surface area (Å²) in [7, 11) is 2.95. The van der Waals surface area contributed by atoms with Gasteiger partial charge >= 0.3 is 5.97 Å². The number of anilines is 1. The van der Waals surface area contributed by atoms with E-state index in [4.69, 9.17) is 9.47 Å². The van der Waals surface area contributed by atoms with Gasteiger partial charge in [-0.1, -0.05) is 0 Å². The largest absolute Gasteiger partial charge is 0.494 e. The number of ether oxygens (including phenoxy) is 3. The van der Waals surface area contributed by atoms with Crippen molar-refractivity contribution in [2.24, 2.45) is 0 Å². The third kappa shape index (κ3) is 6.16. The summed E-state index contributed by atoms with van der Waals surface area (Å²) < 4.78 is 15.7. The Morgan fingerprint density at radius 2 is 1.81 bits per heavy atom. The molecule has 26 heavy (non-hydrogen) atoms. The Labute approximate surface area is 160 Å². The molecule has 1 saturated heterocycles. The highest BCUT2D eigenvalue weighted by atomic mass is 35.5. The van der Waals surface area contributed by atoms with Gasteiger partial charge in [0, 0.05) is 19.2 Å². The second-order valence-electron chi connectivity index (χ2n) is 5.96. The minimum absolute atomic E-state index is 0. The third-order valence-electron chi connectivity index (χ3n) is 4.35. The molecular weight excluding hydrogens is 360 g/mol. The van der Waals surface area contributed by atoms with E-state index in [9.17, 15) is 9.59 Å². The topological polar surface area (TPSA) is 85.9 Å². The average molecular weight is 387 g/mol. The van der Waals surface area contributed by atoms with Crippen LogP contribution in [-0.2, 0) is 19.1 Å². The molecule has 1 heterocycles. The summed E-state index contributed by atoms with van der Waals surface area (Å²) in [6, 6.07) is 7.15. The number of benzene rings is 1. The second-order valence-corrected chi connectivity index (χ2v) is 5.96. The number of piperidine rings is 1. The molecule has 146 valence electrons. The fourth-order valence-corrected chi connectivity index (χ4v) is 2.74. The smallest absolute Gasteiger partial charge is 0.305 e. The van der Waals surface area contributed by atoms with Gasteiger partial charge in [0.05, 0.1) is 13.7 Å². The molecule has 0 radical (unpaired) electrons. The Morgan fingerprint density at radius 1 is 1.15 bits per heavy atom. The molecule has 1 amide bonds. The predicted molar refractivity (Wildman–Crippen MR) is 101 cm³/mol. The van der Waals surface area contributed by atoms with E-state index < -0.39 is 5.60 Å². The molecule has 0 spiro atoms. The van der Waals surface area contributed by atoms with Gasteiger partial charge in [0.2, 0.25) is 0 Å². The third-order valence-corrected chi connectivity index (χ3v) is 4.35. The number of methoxy groups -OCH3 is 2. The van der Waals surface area contributed by atoms with E-state index in [1.165, 1.54) is 7.11 Å². The van der Waals surface area contributed by atoms with Crippen LogP contribution in [0, 0.1) is 0 Å². The lowest BCUT2D eigenvalue weighted by atomic mass is 9.91. The number of carbonyl (C=O) groups is 2. The lowest BCUT2D eigenvalue weighted by Gasteiger charge is -2.34. The standard InChI is InChI=1S/C18H26N2O5.ClH/c1-23-16(21)4-3-13-25-15-7-5-14(6-8-15)20-17(22)18(24-2)9-11-19-12-10-18;/h5-8,19H,3-4,9-13H2,1-2H3,(H,20,22);1H. The van der Waals surface area contributed by atoms with Gasteiger partial charge in [0.25, 0.3) is 5.91 Å². The van der Waals surface area contributed by atoms with E-state index in [2.05, 4.69) is 15.4 Å². The summed E-state index contributed by atoms with van der Waals surface area (Å²) in [5, 5.41) is 6.14. The molecule has 1 aliphatic rings. The van der Waals surface area contributed by atoms with Gasteiger partial charge < -0.3 is 24.8 Å². The van der Waals surface area contributed by atoms with Crippen LogP contribution < -0.4 is 15.4 Å². The number of rotatable bonds is 8. The minimum Gasteiger partial charge on any atom is -0.494 e. The molecule has 0 saturated carbocycles. The van der Waals surface area contributed by atoms with Gasteiger partial charge in [-0.15, -0.1) is 12.4 Å². The van der Waals surface area contributed by atoms with Crippen LogP contribution in [0.1, 0.15) is 25.7 Å². The van der Waals surface area contributed by atoms with Crippen molar-refractivity contribution in [2.45, 2.75) is 31.3 Å². The van der Waals surface area contributed by atoms with Gasteiger partial charge in [-0.25, -0.2) is 0 Å². The molecule has 0 unspecified atom stereocenters. The first-order chi connectivity index (χ1) is 12.1. The zero-order valence-electron chi connectivity index (χ0n) is 15.2.